The Labute approximate surface area is 191 Å². The Morgan fingerprint density at radius 3 is 2.88 bits per heavy atom. The number of aromatic nitrogens is 5. The molecule has 0 saturated carbocycles. The second kappa shape index (κ2) is 9.71. The molecule has 2 aromatic carbocycles. The lowest BCUT2D eigenvalue weighted by Crippen LogP contribution is -2.28. The number of fused-ring (bicyclic) bond motifs is 1. The lowest BCUT2D eigenvalue weighted by atomic mass is 10.2. The van der Waals surface area contributed by atoms with Gasteiger partial charge in [-0.2, -0.15) is 9.78 Å². The zero-order valence-electron chi connectivity index (χ0n) is 17.5. The van der Waals surface area contributed by atoms with Crippen molar-refractivity contribution in [3.05, 3.63) is 86.7 Å². The lowest BCUT2D eigenvalue weighted by molar-refractivity contribution is -0.384. The molecule has 0 amide bonds. The van der Waals surface area contributed by atoms with E-state index in [4.69, 9.17) is 0 Å². The maximum Gasteiger partial charge on any atom is 0.270 e. The monoisotopic (exact) mass is 465 g/mol. The van der Waals surface area contributed by atoms with E-state index in [9.17, 15) is 20.0 Å². The van der Waals surface area contributed by atoms with Crippen LogP contribution in [-0.2, 0) is 6.54 Å². The van der Waals surface area contributed by atoms with Crippen LogP contribution in [0.4, 0.5) is 5.69 Å². The number of hydrogen-bond donors (Lipinski definition) is 1. The largest absolute Gasteiger partial charge is 0.390 e. The maximum atomic E-state index is 12.6. The molecule has 0 saturated heterocycles. The number of non-ortho nitro benzene ring substituents is 1. The third-order valence-electron chi connectivity index (χ3n) is 4.72. The highest BCUT2D eigenvalue weighted by Crippen LogP contribution is 2.19. The average molecular weight is 465 g/mol. The Kier molecular flexibility index (Phi) is 6.56. The van der Waals surface area contributed by atoms with Gasteiger partial charge in [0.1, 0.15) is 0 Å². The summed E-state index contributed by atoms with van der Waals surface area (Å²) in [5, 5.41) is 34.8. The van der Waals surface area contributed by atoms with Crippen LogP contribution in [0.1, 0.15) is 11.4 Å². The Hall–Kier alpha value is -3.90. The number of nitrogens with zero attached hydrogens (tertiary/aromatic N) is 7. The van der Waals surface area contributed by atoms with Gasteiger partial charge in [0, 0.05) is 23.4 Å². The number of aryl methyl sites for hydroxylation is 1. The summed E-state index contributed by atoms with van der Waals surface area (Å²) in [6.07, 6.45) is 2.06. The molecule has 0 fully saturated rings. The molecule has 0 aliphatic rings. The molecule has 0 radical (unpaired) electrons. The maximum absolute atomic E-state index is 12.6. The molecule has 1 unspecified atom stereocenters. The molecule has 4 rings (SSSR count). The van der Waals surface area contributed by atoms with Crippen molar-refractivity contribution in [2.75, 3.05) is 5.75 Å². The topological polar surface area (TPSA) is 141 Å². The molecular weight excluding hydrogens is 446 g/mol. The van der Waals surface area contributed by atoms with E-state index >= 15 is 0 Å². The van der Waals surface area contributed by atoms with E-state index in [1.54, 1.807) is 37.3 Å². The van der Waals surface area contributed by atoms with E-state index in [2.05, 4.69) is 20.3 Å². The van der Waals surface area contributed by atoms with Gasteiger partial charge in [0.05, 0.1) is 41.0 Å². The number of para-hydroxylation sites is 1. The highest BCUT2D eigenvalue weighted by atomic mass is 32.2. The Morgan fingerprint density at radius 1 is 1.24 bits per heavy atom. The number of aliphatic hydroxyl groups excluding tert-OH is 1. The van der Waals surface area contributed by atoms with Gasteiger partial charge in [-0.25, -0.2) is 4.98 Å². The van der Waals surface area contributed by atoms with Gasteiger partial charge in [0.25, 0.3) is 11.2 Å². The normalized spacial score (nSPS) is 12.4. The predicted octanol–water partition coefficient (Wildman–Crippen LogP) is 2.24. The standard InChI is InChI=1S/C21H19N7O4S/c1-14-24-25-21(27(14)23-10-15-5-4-6-16(9-15)28(31)32)33-12-17(29)11-26-13-22-19-8-3-2-7-18(19)20(26)30/h2-10,13,17,29H,11-12H2,1H3. The molecule has 0 bridgehead atoms. The van der Waals surface area contributed by atoms with Gasteiger partial charge in [-0.1, -0.05) is 36.0 Å². The van der Waals surface area contributed by atoms with Gasteiger partial charge in [0.15, 0.2) is 5.82 Å². The van der Waals surface area contributed by atoms with Crippen LogP contribution in [0.3, 0.4) is 0 Å². The van der Waals surface area contributed by atoms with Crippen LogP contribution in [0.25, 0.3) is 10.9 Å². The van der Waals surface area contributed by atoms with Crippen molar-refractivity contribution in [2.24, 2.45) is 5.10 Å². The summed E-state index contributed by atoms with van der Waals surface area (Å²) >= 11 is 1.23. The first-order valence-electron chi connectivity index (χ1n) is 9.88. The first kappa shape index (κ1) is 22.3. The second-order valence-corrected chi connectivity index (χ2v) is 8.11. The van der Waals surface area contributed by atoms with Gasteiger partial charge in [0.2, 0.25) is 5.16 Å². The molecule has 4 aromatic rings. The minimum Gasteiger partial charge on any atom is -0.390 e. The smallest absolute Gasteiger partial charge is 0.270 e. The zero-order chi connectivity index (χ0) is 23.4. The second-order valence-electron chi connectivity index (χ2n) is 7.12. The molecule has 0 aliphatic carbocycles. The molecule has 11 nitrogen and oxygen atoms in total. The van der Waals surface area contributed by atoms with Gasteiger partial charge in [-0.3, -0.25) is 19.5 Å². The van der Waals surface area contributed by atoms with Crippen LogP contribution in [-0.4, -0.2) is 52.5 Å². The quantitative estimate of drug-likeness (QED) is 0.181. The van der Waals surface area contributed by atoms with Crippen LogP contribution >= 0.6 is 11.8 Å². The SMILES string of the molecule is Cc1nnc(SCC(O)Cn2cnc3ccccc3c2=O)n1N=Cc1cccc([N+](=O)[O-])c1. The molecular formula is C21H19N7O4S. The Bertz CT molecular complexity index is 1400. The number of aliphatic hydroxyl groups is 1. The molecule has 168 valence electrons. The summed E-state index contributed by atoms with van der Waals surface area (Å²) in [6, 6.07) is 13.1. The fourth-order valence-corrected chi connectivity index (χ4v) is 3.94. The van der Waals surface area contributed by atoms with Crippen molar-refractivity contribution in [3.8, 4) is 0 Å². The molecule has 0 spiro atoms. The van der Waals surface area contributed by atoms with Crippen LogP contribution in [0.5, 0.6) is 0 Å². The van der Waals surface area contributed by atoms with Crippen molar-refractivity contribution in [2.45, 2.75) is 24.7 Å². The third-order valence-corrected chi connectivity index (χ3v) is 5.78. The van der Waals surface area contributed by atoms with Crippen molar-refractivity contribution < 1.29 is 10.0 Å². The summed E-state index contributed by atoms with van der Waals surface area (Å²) in [6.45, 7) is 1.80. The number of thioether (sulfide) groups is 1. The van der Waals surface area contributed by atoms with Crippen molar-refractivity contribution >= 4 is 34.6 Å². The van der Waals surface area contributed by atoms with Gasteiger partial charge in [-0.05, 0) is 19.1 Å². The fraction of sp³-hybridized carbons (Fsp3) is 0.190. The Balaban J connectivity index is 1.44. The highest BCUT2D eigenvalue weighted by molar-refractivity contribution is 7.99. The van der Waals surface area contributed by atoms with E-state index in [0.717, 1.165) is 0 Å². The number of hydrogen-bond acceptors (Lipinski definition) is 9. The van der Waals surface area contributed by atoms with Crippen LogP contribution < -0.4 is 5.56 Å². The Morgan fingerprint density at radius 2 is 2.06 bits per heavy atom. The van der Waals surface area contributed by atoms with Crippen molar-refractivity contribution in [1.29, 1.82) is 0 Å². The summed E-state index contributed by atoms with van der Waals surface area (Å²) in [7, 11) is 0. The van der Waals surface area contributed by atoms with E-state index in [-0.39, 0.29) is 23.5 Å². The van der Waals surface area contributed by atoms with E-state index in [1.807, 2.05) is 6.07 Å². The summed E-state index contributed by atoms with van der Waals surface area (Å²) in [5.74, 6) is 0.757. The number of rotatable bonds is 8. The van der Waals surface area contributed by atoms with Crippen molar-refractivity contribution in [3.63, 3.8) is 0 Å². The molecule has 0 aliphatic heterocycles. The molecule has 2 aromatic heterocycles. The fourth-order valence-electron chi connectivity index (χ4n) is 3.09. The van der Waals surface area contributed by atoms with E-state index in [1.165, 1.54) is 45.7 Å². The summed E-state index contributed by atoms with van der Waals surface area (Å²) in [4.78, 5) is 27.3. The first-order valence-corrected chi connectivity index (χ1v) is 10.9. The van der Waals surface area contributed by atoms with Crippen molar-refractivity contribution in [1.82, 2.24) is 24.4 Å². The van der Waals surface area contributed by atoms with Crippen LogP contribution in [0.15, 0.2) is 69.9 Å². The van der Waals surface area contributed by atoms with Crippen LogP contribution in [0, 0.1) is 17.0 Å². The number of benzene rings is 2. The predicted molar refractivity (Wildman–Crippen MR) is 124 cm³/mol. The molecule has 1 atom stereocenters. The zero-order valence-corrected chi connectivity index (χ0v) is 18.3. The highest BCUT2D eigenvalue weighted by Gasteiger charge is 2.14. The molecule has 12 heteroatoms. The van der Waals surface area contributed by atoms with Gasteiger partial charge < -0.3 is 5.11 Å². The summed E-state index contributed by atoms with van der Waals surface area (Å²) in [5.41, 5.74) is 0.907. The van der Waals surface area contributed by atoms with E-state index in [0.29, 0.717) is 27.4 Å². The summed E-state index contributed by atoms with van der Waals surface area (Å²) < 4.78 is 2.87. The number of nitro benzene ring substituents is 1. The van der Waals surface area contributed by atoms with E-state index < -0.39 is 11.0 Å². The van der Waals surface area contributed by atoms with Crippen LogP contribution in [0.2, 0.25) is 0 Å². The molecule has 1 N–H and O–H groups in total. The first-order chi connectivity index (χ1) is 15.9. The molecule has 2 heterocycles. The minimum absolute atomic E-state index is 0.0319. The minimum atomic E-state index is -0.845. The van der Waals surface area contributed by atoms with Gasteiger partial charge >= 0.3 is 0 Å². The average Bonchev–Trinajstić information content (AvgIpc) is 3.17. The van der Waals surface area contributed by atoms with Gasteiger partial charge in [-0.15, -0.1) is 10.2 Å². The lowest BCUT2D eigenvalue weighted by Gasteiger charge is -2.12. The number of nitro groups is 1. The third kappa shape index (κ3) is 5.13. The molecule has 33 heavy (non-hydrogen) atoms.